The molecule has 0 rings (SSSR count). The molecule has 0 bridgehead atoms. The van der Waals surface area contributed by atoms with Crippen LogP contribution in [0.1, 0.15) is 13.3 Å². The van der Waals surface area contributed by atoms with Crippen molar-refractivity contribution in [3.63, 3.8) is 0 Å². The number of hydrogen-bond acceptors (Lipinski definition) is 3. The molecule has 0 aromatic heterocycles. The van der Waals surface area contributed by atoms with E-state index in [9.17, 15) is 8.42 Å². The molecule has 4 nitrogen and oxygen atoms in total. The van der Waals surface area contributed by atoms with Crippen molar-refractivity contribution in [3.05, 3.63) is 0 Å². The van der Waals surface area contributed by atoms with Crippen molar-refractivity contribution in [1.82, 2.24) is 9.84 Å². The molecule has 0 aromatic rings. The number of sulfonamides is 1. The highest BCUT2D eigenvalue weighted by molar-refractivity contribution is 7.89. The fourth-order valence-electron chi connectivity index (χ4n) is 0.593. The minimum atomic E-state index is -3.05. The molecule has 0 spiro atoms. The van der Waals surface area contributed by atoms with E-state index in [1.807, 2.05) is 6.92 Å². The predicted molar refractivity (Wildman–Crippen MR) is 40.9 cm³/mol. The Morgan fingerprint density at radius 3 is 2.20 bits per heavy atom. The second-order valence-electron chi connectivity index (χ2n) is 2.30. The van der Waals surface area contributed by atoms with Gasteiger partial charge in [-0.15, -0.1) is 4.83 Å². The van der Waals surface area contributed by atoms with Crippen molar-refractivity contribution >= 4 is 10.0 Å². The summed E-state index contributed by atoms with van der Waals surface area (Å²) in [5.41, 5.74) is 0. The first kappa shape index (κ1) is 9.87. The van der Waals surface area contributed by atoms with Crippen LogP contribution in [0.15, 0.2) is 0 Å². The van der Waals surface area contributed by atoms with Gasteiger partial charge in [-0.3, -0.25) is 0 Å². The van der Waals surface area contributed by atoms with Gasteiger partial charge in [0, 0.05) is 14.1 Å². The van der Waals surface area contributed by atoms with Crippen molar-refractivity contribution in [1.29, 1.82) is 0 Å². The maximum Gasteiger partial charge on any atom is 0.224 e. The smallest absolute Gasteiger partial charge is 0.224 e. The normalized spacial score (nSPS) is 12.4. The number of hydrogen-bond donors (Lipinski definition) is 1. The summed E-state index contributed by atoms with van der Waals surface area (Å²) in [5, 5.41) is 1.42. The van der Waals surface area contributed by atoms with Gasteiger partial charge >= 0.3 is 0 Å². The van der Waals surface area contributed by atoms with E-state index >= 15 is 0 Å². The summed E-state index contributed by atoms with van der Waals surface area (Å²) >= 11 is 0. The molecular formula is C5H14N2O2S. The first-order valence-electron chi connectivity index (χ1n) is 3.15. The van der Waals surface area contributed by atoms with Crippen LogP contribution >= 0.6 is 0 Å². The van der Waals surface area contributed by atoms with E-state index < -0.39 is 10.0 Å². The second kappa shape index (κ2) is 3.90. The van der Waals surface area contributed by atoms with Gasteiger partial charge in [0.25, 0.3) is 0 Å². The lowest BCUT2D eigenvalue weighted by Gasteiger charge is -2.10. The van der Waals surface area contributed by atoms with Crippen LogP contribution in [-0.2, 0) is 10.0 Å². The standard InChI is InChI=1S/C5H14N2O2S/c1-4-5-10(8,9)6-7(2)3/h6H,4-5H2,1-3H3. The third-order valence-corrected chi connectivity index (χ3v) is 2.38. The van der Waals surface area contributed by atoms with Crippen molar-refractivity contribution < 1.29 is 8.42 Å². The molecule has 0 saturated heterocycles. The van der Waals surface area contributed by atoms with E-state index in [2.05, 4.69) is 4.83 Å². The molecule has 0 amide bonds. The van der Waals surface area contributed by atoms with Crippen LogP contribution in [0, 0.1) is 0 Å². The number of rotatable bonds is 4. The van der Waals surface area contributed by atoms with E-state index in [0.717, 1.165) is 0 Å². The lowest BCUT2D eigenvalue weighted by atomic mass is 10.6. The summed E-state index contributed by atoms with van der Waals surface area (Å²) in [7, 11) is 0.237. The summed E-state index contributed by atoms with van der Waals surface area (Å²) in [6.07, 6.45) is 0.642. The zero-order chi connectivity index (χ0) is 8.20. The zero-order valence-electron chi connectivity index (χ0n) is 6.59. The summed E-state index contributed by atoms with van der Waals surface area (Å²) in [6.45, 7) is 1.83. The highest BCUT2D eigenvalue weighted by Crippen LogP contribution is 1.87. The Balaban J connectivity index is 3.89. The average Bonchev–Trinajstić information content (AvgIpc) is 1.59. The van der Waals surface area contributed by atoms with Gasteiger partial charge < -0.3 is 0 Å². The van der Waals surface area contributed by atoms with Gasteiger partial charge in [0.1, 0.15) is 0 Å². The van der Waals surface area contributed by atoms with Crippen molar-refractivity contribution in [2.24, 2.45) is 0 Å². The molecular weight excluding hydrogens is 152 g/mol. The maximum absolute atomic E-state index is 10.9. The second-order valence-corrected chi connectivity index (χ2v) is 4.12. The Morgan fingerprint density at radius 2 is 1.90 bits per heavy atom. The van der Waals surface area contributed by atoms with Gasteiger partial charge in [-0.1, -0.05) is 6.92 Å². The fraction of sp³-hybridized carbons (Fsp3) is 1.00. The summed E-state index contributed by atoms with van der Waals surface area (Å²) in [4.78, 5) is 2.33. The van der Waals surface area contributed by atoms with Crippen LogP contribution in [0.5, 0.6) is 0 Å². The molecule has 5 heteroatoms. The molecule has 0 fully saturated rings. The third-order valence-electron chi connectivity index (χ3n) is 0.795. The molecule has 0 atom stereocenters. The van der Waals surface area contributed by atoms with Crippen LogP contribution < -0.4 is 4.83 Å². The third kappa shape index (κ3) is 4.72. The maximum atomic E-state index is 10.9. The Morgan fingerprint density at radius 1 is 1.40 bits per heavy atom. The summed E-state index contributed by atoms with van der Waals surface area (Å²) in [5.74, 6) is 0.186. The quantitative estimate of drug-likeness (QED) is 0.588. The molecule has 10 heavy (non-hydrogen) atoms. The van der Waals surface area contributed by atoms with Gasteiger partial charge in [-0.05, 0) is 6.42 Å². The Kier molecular flexibility index (Phi) is 3.85. The molecule has 0 aliphatic rings. The minimum absolute atomic E-state index is 0.186. The van der Waals surface area contributed by atoms with E-state index in [-0.39, 0.29) is 5.75 Å². The fourth-order valence-corrected chi connectivity index (χ4v) is 1.78. The van der Waals surface area contributed by atoms with Gasteiger partial charge in [-0.25, -0.2) is 13.4 Å². The predicted octanol–water partition coefficient (Wildman–Crippen LogP) is -0.208. The van der Waals surface area contributed by atoms with Gasteiger partial charge in [0.15, 0.2) is 0 Å². The largest absolute Gasteiger partial charge is 0.237 e. The van der Waals surface area contributed by atoms with Crippen LogP contribution in [0.2, 0.25) is 0 Å². The number of hydrazine groups is 1. The Bertz CT molecular complexity index is 174. The molecule has 62 valence electrons. The van der Waals surface area contributed by atoms with Crippen molar-refractivity contribution in [2.75, 3.05) is 19.8 Å². The van der Waals surface area contributed by atoms with E-state index in [1.54, 1.807) is 14.1 Å². The summed E-state index contributed by atoms with van der Waals surface area (Å²) in [6, 6.07) is 0. The highest BCUT2D eigenvalue weighted by Gasteiger charge is 2.07. The van der Waals surface area contributed by atoms with Crippen LogP contribution in [0.4, 0.5) is 0 Å². The number of nitrogens with zero attached hydrogens (tertiary/aromatic N) is 1. The van der Waals surface area contributed by atoms with Crippen LogP contribution in [0.3, 0.4) is 0 Å². The molecule has 0 unspecified atom stereocenters. The molecule has 0 aromatic carbocycles. The minimum Gasteiger partial charge on any atom is -0.237 e. The van der Waals surface area contributed by atoms with E-state index in [1.165, 1.54) is 5.01 Å². The lowest BCUT2D eigenvalue weighted by Crippen LogP contribution is -2.37. The Labute approximate surface area is 62.2 Å². The molecule has 0 radical (unpaired) electrons. The lowest BCUT2D eigenvalue weighted by molar-refractivity contribution is 0.364. The number of nitrogens with one attached hydrogen (secondary N) is 1. The Hall–Kier alpha value is -0.130. The molecule has 0 saturated carbocycles. The SMILES string of the molecule is CCCS(=O)(=O)NN(C)C. The van der Waals surface area contributed by atoms with Crippen LogP contribution in [-0.4, -0.2) is 33.3 Å². The average molecular weight is 166 g/mol. The zero-order valence-corrected chi connectivity index (χ0v) is 7.40. The topological polar surface area (TPSA) is 49.4 Å². The first-order chi connectivity index (χ1) is 4.48. The first-order valence-corrected chi connectivity index (χ1v) is 4.80. The van der Waals surface area contributed by atoms with Gasteiger partial charge in [0.2, 0.25) is 10.0 Å². The molecule has 1 N–H and O–H groups in total. The van der Waals surface area contributed by atoms with Crippen LogP contribution in [0.25, 0.3) is 0 Å². The van der Waals surface area contributed by atoms with Crippen molar-refractivity contribution in [2.45, 2.75) is 13.3 Å². The van der Waals surface area contributed by atoms with E-state index in [0.29, 0.717) is 6.42 Å². The van der Waals surface area contributed by atoms with Gasteiger partial charge in [0.05, 0.1) is 5.75 Å². The molecule has 0 aliphatic heterocycles. The highest BCUT2D eigenvalue weighted by atomic mass is 32.2. The van der Waals surface area contributed by atoms with E-state index in [4.69, 9.17) is 0 Å². The molecule has 0 heterocycles. The summed E-state index contributed by atoms with van der Waals surface area (Å²) < 4.78 is 21.8. The molecule has 0 aliphatic carbocycles. The monoisotopic (exact) mass is 166 g/mol. The van der Waals surface area contributed by atoms with Gasteiger partial charge in [-0.2, -0.15) is 0 Å². The van der Waals surface area contributed by atoms with Crippen molar-refractivity contribution in [3.8, 4) is 0 Å².